The first kappa shape index (κ1) is 19.8. The lowest BCUT2D eigenvalue weighted by molar-refractivity contribution is -0.384. The summed E-state index contributed by atoms with van der Waals surface area (Å²) in [5.74, 6) is -0.783. The number of nitro benzene ring substituents is 1. The number of non-ortho nitro benzene ring substituents is 1. The Morgan fingerprint density at radius 2 is 1.79 bits per heavy atom. The molecule has 0 bridgehead atoms. The van der Waals surface area contributed by atoms with Crippen LogP contribution in [-0.4, -0.2) is 34.7 Å². The van der Waals surface area contributed by atoms with Crippen molar-refractivity contribution in [2.75, 3.05) is 13.1 Å². The lowest BCUT2D eigenvalue weighted by Gasteiger charge is -2.27. The van der Waals surface area contributed by atoms with Crippen LogP contribution in [0.5, 0.6) is 0 Å². The molecule has 146 valence electrons. The minimum atomic E-state index is -0.552. The van der Waals surface area contributed by atoms with Crippen molar-refractivity contribution in [2.24, 2.45) is 0 Å². The number of hydrogen-bond acceptors (Lipinski definition) is 5. The number of carbonyl (C=O) groups excluding carboxylic acids is 2. The van der Waals surface area contributed by atoms with Gasteiger partial charge in [0.05, 0.1) is 4.92 Å². The van der Waals surface area contributed by atoms with Gasteiger partial charge < -0.3 is 14.6 Å². The Balaban J connectivity index is 1.87. The molecule has 0 atom stereocenters. The van der Waals surface area contributed by atoms with Gasteiger partial charge in [-0.05, 0) is 71.1 Å². The van der Waals surface area contributed by atoms with Crippen molar-refractivity contribution in [3.8, 4) is 0 Å². The van der Waals surface area contributed by atoms with Crippen LogP contribution in [0.4, 0.5) is 5.69 Å². The first-order valence-electron chi connectivity index (χ1n) is 8.76. The molecule has 1 aromatic heterocycles. The van der Waals surface area contributed by atoms with Crippen LogP contribution in [0.2, 0.25) is 0 Å². The van der Waals surface area contributed by atoms with Crippen molar-refractivity contribution in [3.05, 3.63) is 68.2 Å². The summed E-state index contributed by atoms with van der Waals surface area (Å²) in [6, 6.07) is 8.82. The zero-order valence-corrected chi connectivity index (χ0v) is 16.5. The molecule has 9 heteroatoms. The number of nitro groups is 1. The molecule has 0 aliphatic carbocycles. The maximum atomic E-state index is 12.9. The number of likely N-dealkylation sites (tertiary alicyclic amines) is 1. The molecule has 2 heterocycles. The second-order valence-electron chi connectivity index (χ2n) is 6.32. The fourth-order valence-corrected chi connectivity index (χ4v) is 3.20. The minimum Gasteiger partial charge on any atom is -0.444 e. The summed E-state index contributed by atoms with van der Waals surface area (Å²) >= 11 is 3.14. The molecule has 0 spiro atoms. The maximum absolute atomic E-state index is 12.9. The highest BCUT2D eigenvalue weighted by molar-refractivity contribution is 9.10. The van der Waals surface area contributed by atoms with Crippen molar-refractivity contribution < 1.29 is 18.9 Å². The van der Waals surface area contributed by atoms with Crippen LogP contribution in [0.1, 0.15) is 35.4 Å². The summed E-state index contributed by atoms with van der Waals surface area (Å²) in [4.78, 5) is 37.4. The highest BCUT2D eigenvalue weighted by Gasteiger charge is 2.23. The van der Waals surface area contributed by atoms with E-state index in [-0.39, 0.29) is 23.1 Å². The number of carbonyl (C=O) groups is 2. The highest BCUT2D eigenvalue weighted by Crippen LogP contribution is 2.18. The zero-order chi connectivity index (χ0) is 20.1. The number of benzene rings is 1. The summed E-state index contributed by atoms with van der Waals surface area (Å²) in [5.41, 5.74) is 0.602. The molecule has 2 aromatic rings. The number of amides is 2. The molecule has 0 unspecified atom stereocenters. The number of nitrogens with one attached hydrogen (secondary N) is 1. The van der Waals surface area contributed by atoms with Crippen LogP contribution in [0.15, 0.2) is 51.2 Å². The van der Waals surface area contributed by atoms with Gasteiger partial charge in [-0.2, -0.15) is 0 Å². The molecule has 8 nitrogen and oxygen atoms in total. The van der Waals surface area contributed by atoms with Gasteiger partial charge in [-0.1, -0.05) is 0 Å². The Labute approximate surface area is 169 Å². The third-order valence-corrected chi connectivity index (χ3v) is 4.76. The predicted molar refractivity (Wildman–Crippen MR) is 105 cm³/mol. The van der Waals surface area contributed by atoms with Gasteiger partial charge in [0.25, 0.3) is 17.5 Å². The van der Waals surface area contributed by atoms with Crippen molar-refractivity contribution in [1.82, 2.24) is 10.2 Å². The lowest BCUT2D eigenvalue weighted by Crippen LogP contribution is -2.41. The molecular weight excluding hydrogens is 430 g/mol. The number of halogens is 1. The van der Waals surface area contributed by atoms with E-state index in [2.05, 4.69) is 21.2 Å². The molecule has 1 saturated heterocycles. The third kappa shape index (κ3) is 4.86. The van der Waals surface area contributed by atoms with Crippen LogP contribution in [0.3, 0.4) is 0 Å². The van der Waals surface area contributed by atoms with Crippen molar-refractivity contribution in [3.63, 3.8) is 0 Å². The van der Waals surface area contributed by atoms with Crippen LogP contribution >= 0.6 is 15.9 Å². The monoisotopic (exact) mass is 447 g/mol. The Morgan fingerprint density at radius 3 is 2.36 bits per heavy atom. The summed E-state index contributed by atoms with van der Waals surface area (Å²) in [5, 5.41) is 13.4. The van der Waals surface area contributed by atoms with E-state index in [0.29, 0.717) is 23.3 Å². The average molecular weight is 448 g/mol. The summed E-state index contributed by atoms with van der Waals surface area (Å²) in [7, 11) is 0. The van der Waals surface area contributed by atoms with Crippen LogP contribution in [0, 0.1) is 10.1 Å². The van der Waals surface area contributed by atoms with Gasteiger partial charge in [0.1, 0.15) is 5.70 Å². The van der Waals surface area contributed by atoms with E-state index in [4.69, 9.17) is 4.42 Å². The van der Waals surface area contributed by atoms with Gasteiger partial charge in [0, 0.05) is 25.2 Å². The Bertz CT molecular complexity index is 914. The molecular formula is C19H18BrN3O5. The molecule has 3 rings (SSSR count). The smallest absolute Gasteiger partial charge is 0.291 e. The number of furan rings is 1. The van der Waals surface area contributed by atoms with E-state index >= 15 is 0 Å². The number of nitrogens with zero attached hydrogens (tertiary/aromatic N) is 2. The lowest BCUT2D eigenvalue weighted by atomic mass is 10.1. The maximum Gasteiger partial charge on any atom is 0.291 e. The van der Waals surface area contributed by atoms with Crippen molar-refractivity contribution in [2.45, 2.75) is 19.3 Å². The summed E-state index contributed by atoms with van der Waals surface area (Å²) in [6.07, 6.45) is 4.40. The van der Waals surface area contributed by atoms with Gasteiger partial charge in [-0.25, -0.2) is 0 Å². The van der Waals surface area contributed by atoms with E-state index in [9.17, 15) is 19.7 Å². The molecule has 2 amide bonds. The standard InChI is InChI=1S/C19H18BrN3O5/c20-17-9-8-16(28-17)18(24)21-15(19(25)22-10-2-1-3-11-22)12-13-4-6-14(7-5-13)23(26)27/h4-9,12H,1-3,10-11H2,(H,21,24)/b15-12+. The summed E-state index contributed by atoms with van der Waals surface area (Å²) in [6.45, 7) is 1.25. The van der Waals surface area contributed by atoms with Gasteiger partial charge in [-0.15, -0.1) is 0 Å². The van der Waals surface area contributed by atoms with Crippen molar-refractivity contribution >= 4 is 39.5 Å². The molecule has 0 radical (unpaired) electrons. The average Bonchev–Trinajstić information content (AvgIpc) is 3.14. The fraction of sp³-hybridized carbons (Fsp3) is 0.263. The Hall–Kier alpha value is -2.94. The number of rotatable bonds is 5. The highest BCUT2D eigenvalue weighted by atomic mass is 79.9. The number of hydrogen-bond donors (Lipinski definition) is 1. The van der Waals surface area contributed by atoms with E-state index < -0.39 is 10.8 Å². The molecule has 1 fully saturated rings. The topological polar surface area (TPSA) is 106 Å². The minimum absolute atomic E-state index is 0.0504. The van der Waals surface area contributed by atoms with E-state index in [1.54, 1.807) is 11.0 Å². The quantitative estimate of drug-likeness (QED) is 0.426. The van der Waals surface area contributed by atoms with Gasteiger partial charge in [0.15, 0.2) is 10.4 Å². The van der Waals surface area contributed by atoms with Gasteiger partial charge in [0.2, 0.25) is 0 Å². The van der Waals surface area contributed by atoms with Crippen molar-refractivity contribution in [1.29, 1.82) is 0 Å². The third-order valence-electron chi connectivity index (χ3n) is 4.33. The van der Waals surface area contributed by atoms with E-state index in [1.165, 1.54) is 36.4 Å². The Kier molecular flexibility index (Phi) is 6.25. The Morgan fingerprint density at radius 1 is 1.11 bits per heavy atom. The zero-order valence-electron chi connectivity index (χ0n) is 14.9. The van der Waals surface area contributed by atoms with Gasteiger partial charge >= 0.3 is 0 Å². The van der Waals surface area contributed by atoms with Crippen LogP contribution < -0.4 is 5.32 Å². The largest absolute Gasteiger partial charge is 0.444 e. The predicted octanol–water partition coefficient (Wildman–Crippen LogP) is 3.73. The summed E-state index contributed by atoms with van der Waals surface area (Å²) < 4.78 is 5.64. The SMILES string of the molecule is O=C(N/C(=C/c1ccc([N+](=O)[O-])cc1)C(=O)N1CCCCC1)c1ccc(Br)o1. The van der Waals surface area contributed by atoms with Crippen LogP contribution in [0.25, 0.3) is 6.08 Å². The second kappa shape index (κ2) is 8.83. The first-order valence-corrected chi connectivity index (χ1v) is 9.55. The first-order chi connectivity index (χ1) is 13.4. The molecule has 0 saturated carbocycles. The number of piperidine rings is 1. The molecule has 28 heavy (non-hydrogen) atoms. The van der Waals surface area contributed by atoms with Crippen LogP contribution in [-0.2, 0) is 4.79 Å². The second-order valence-corrected chi connectivity index (χ2v) is 7.10. The molecule has 1 N–H and O–H groups in total. The van der Waals surface area contributed by atoms with E-state index in [0.717, 1.165) is 19.3 Å². The van der Waals surface area contributed by atoms with E-state index in [1.807, 2.05) is 0 Å². The normalized spacial score (nSPS) is 14.6. The fourth-order valence-electron chi connectivity index (χ4n) is 2.90. The molecule has 1 aliphatic heterocycles. The molecule has 1 aromatic carbocycles. The molecule has 1 aliphatic rings. The van der Waals surface area contributed by atoms with Gasteiger partial charge in [-0.3, -0.25) is 19.7 Å².